The van der Waals surface area contributed by atoms with E-state index in [2.05, 4.69) is 32.0 Å². The van der Waals surface area contributed by atoms with Crippen LogP contribution in [-0.4, -0.2) is 0 Å². The molecule has 0 aliphatic carbocycles. The minimum atomic E-state index is -0.123. The van der Waals surface area contributed by atoms with Crippen molar-refractivity contribution in [1.29, 1.82) is 0 Å². The Balaban J connectivity index is 2.37. The first-order valence-electron chi connectivity index (χ1n) is 6.08. The van der Waals surface area contributed by atoms with E-state index >= 15 is 0 Å². The van der Waals surface area contributed by atoms with Crippen LogP contribution >= 0.6 is 11.6 Å². The maximum absolute atomic E-state index is 6.30. The van der Waals surface area contributed by atoms with Gasteiger partial charge in [0, 0.05) is 5.02 Å². The Hall–Kier alpha value is -1.31. The normalized spacial score (nSPS) is 12.5. The molecule has 18 heavy (non-hydrogen) atoms. The summed E-state index contributed by atoms with van der Waals surface area (Å²) < 4.78 is 0. The maximum atomic E-state index is 6.30. The third-order valence-corrected chi connectivity index (χ3v) is 3.85. The summed E-state index contributed by atoms with van der Waals surface area (Å²) in [6, 6.07) is 12.2. The predicted molar refractivity (Wildman–Crippen MR) is 78.1 cm³/mol. The third kappa shape index (κ3) is 2.58. The standard InChI is InChI=1S/C16H18ClN/c1-10-4-6-13(8-12(10)3)16(18)14-7-5-11(2)15(17)9-14/h4-9,16H,18H2,1-3H3. The summed E-state index contributed by atoms with van der Waals surface area (Å²) in [4.78, 5) is 0. The highest BCUT2D eigenvalue weighted by Gasteiger charge is 2.10. The van der Waals surface area contributed by atoms with Gasteiger partial charge in [0.05, 0.1) is 6.04 Å². The molecule has 1 unspecified atom stereocenters. The Morgan fingerprint density at radius 2 is 1.39 bits per heavy atom. The van der Waals surface area contributed by atoms with Crippen LogP contribution in [0.5, 0.6) is 0 Å². The number of nitrogens with two attached hydrogens (primary N) is 1. The van der Waals surface area contributed by atoms with Gasteiger partial charge in [0.15, 0.2) is 0 Å². The van der Waals surface area contributed by atoms with E-state index in [0.29, 0.717) is 0 Å². The number of hydrogen-bond acceptors (Lipinski definition) is 1. The molecule has 2 rings (SSSR count). The van der Waals surface area contributed by atoms with Crippen LogP contribution in [0, 0.1) is 20.8 Å². The highest BCUT2D eigenvalue weighted by Crippen LogP contribution is 2.25. The molecule has 2 aromatic rings. The average Bonchev–Trinajstić information content (AvgIpc) is 2.35. The summed E-state index contributed by atoms with van der Waals surface area (Å²) >= 11 is 6.15. The number of rotatable bonds is 2. The molecule has 0 fully saturated rings. The second-order valence-electron chi connectivity index (χ2n) is 4.83. The van der Waals surface area contributed by atoms with Gasteiger partial charge in [0.2, 0.25) is 0 Å². The molecule has 2 N–H and O–H groups in total. The second kappa shape index (κ2) is 5.13. The van der Waals surface area contributed by atoms with Crippen LogP contribution < -0.4 is 5.73 Å². The van der Waals surface area contributed by atoms with E-state index in [1.165, 1.54) is 11.1 Å². The molecule has 2 aromatic carbocycles. The topological polar surface area (TPSA) is 26.0 Å². The van der Waals surface area contributed by atoms with Crippen LogP contribution in [0.1, 0.15) is 33.9 Å². The molecule has 2 heteroatoms. The van der Waals surface area contributed by atoms with Crippen LogP contribution in [-0.2, 0) is 0 Å². The van der Waals surface area contributed by atoms with Crippen molar-refractivity contribution < 1.29 is 0 Å². The van der Waals surface area contributed by atoms with Crippen molar-refractivity contribution in [3.63, 3.8) is 0 Å². The van der Waals surface area contributed by atoms with Gasteiger partial charge in [-0.15, -0.1) is 0 Å². The lowest BCUT2D eigenvalue weighted by atomic mass is 9.96. The number of halogens is 1. The van der Waals surface area contributed by atoms with Crippen LogP contribution in [0.4, 0.5) is 0 Å². The maximum Gasteiger partial charge on any atom is 0.0552 e. The molecule has 0 aliphatic heterocycles. The van der Waals surface area contributed by atoms with Gasteiger partial charge in [0.25, 0.3) is 0 Å². The third-order valence-electron chi connectivity index (χ3n) is 3.45. The molecular weight excluding hydrogens is 242 g/mol. The van der Waals surface area contributed by atoms with Gasteiger partial charge < -0.3 is 5.73 Å². The van der Waals surface area contributed by atoms with Gasteiger partial charge in [-0.1, -0.05) is 41.9 Å². The first kappa shape index (κ1) is 13.1. The van der Waals surface area contributed by atoms with Gasteiger partial charge in [-0.05, 0) is 54.7 Å². The fraction of sp³-hybridized carbons (Fsp3) is 0.250. The van der Waals surface area contributed by atoms with Gasteiger partial charge in [-0.2, -0.15) is 0 Å². The lowest BCUT2D eigenvalue weighted by Gasteiger charge is -2.15. The molecule has 0 aromatic heterocycles. The van der Waals surface area contributed by atoms with E-state index in [0.717, 1.165) is 21.7 Å². The average molecular weight is 260 g/mol. The van der Waals surface area contributed by atoms with E-state index in [-0.39, 0.29) is 6.04 Å². The van der Waals surface area contributed by atoms with Crippen LogP contribution in [0.15, 0.2) is 36.4 Å². The van der Waals surface area contributed by atoms with Crippen LogP contribution in [0.2, 0.25) is 5.02 Å². The molecule has 1 nitrogen and oxygen atoms in total. The number of hydrogen-bond donors (Lipinski definition) is 1. The monoisotopic (exact) mass is 259 g/mol. The molecule has 0 bridgehead atoms. The highest BCUT2D eigenvalue weighted by atomic mass is 35.5. The van der Waals surface area contributed by atoms with Crippen molar-refractivity contribution in [3.05, 3.63) is 69.2 Å². The largest absolute Gasteiger partial charge is 0.320 e. The van der Waals surface area contributed by atoms with E-state index in [1.807, 2.05) is 25.1 Å². The fourth-order valence-electron chi connectivity index (χ4n) is 1.95. The molecule has 0 aliphatic rings. The van der Waals surface area contributed by atoms with Gasteiger partial charge in [-0.3, -0.25) is 0 Å². The molecule has 0 radical (unpaired) electrons. The second-order valence-corrected chi connectivity index (χ2v) is 5.24. The molecule has 0 saturated heterocycles. The molecule has 0 amide bonds. The van der Waals surface area contributed by atoms with Gasteiger partial charge in [0.1, 0.15) is 0 Å². The molecule has 94 valence electrons. The Bertz CT molecular complexity index is 524. The van der Waals surface area contributed by atoms with Gasteiger partial charge >= 0.3 is 0 Å². The summed E-state index contributed by atoms with van der Waals surface area (Å²) in [5.41, 5.74) is 12.1. The zero-order chi connectivity index (χ0) is 13.3. The summed E-state index contributed by atoms with van der Waals surface area (Å²) in [7, 11) is 0. The Kier molecular flexibility index (Phi) is 3.74. The fourth-order valence-corrected chi connectivity index (χ4v) is 2.14. The van der Waals surface area contributed by atoms with E-state index < -0.39 is 0 Å². The SMILES string of the molecule is Cc1ccc(C(N)c2ccc(C)c(Cl)c2)cc1C. The lowest BCUT2D eigenvalue weighted by Crippen LogP contribution is -2.12. The van der Waals surface area contributed by atoms with E-state index in [9.17, 15) is 0 Å². The Labute approximate surface area is 114 Å². The lowest BCUT2D eigenvalue weighted by molar-refractivity contribution is 0.868. The first-order valence-corrected chi connectivity index (χ1v) is 6.45. The van der Waals surface area contributed by atoms with Crippen molar-refractivity contribution in [2.24, 2.45) is 5.73 Å². The zero-order valence-corrected chi connectivity index (χ0v) is 11.8. The van der Waals surface area contributed by atoms with Gasteiger partial charge in [-0.25, -0.2) is 0 Å². The molecular formula is C16H18ClN. The summed E-state index contributed by atoms with van der Waals surface area (Å²) in [6.45, 7) is 6.20. The van der Waals surface area contributed by atoms with Crippen molar-refractivity contribution in [2.75, 3.05) is 0 Å². The first-order chi connectivity index (χ1) is 8.49. The van der Waals surface area contributed by atoms with Crippen LogP contribution in [0.25, 0.3) is 0 Å². The van der Waals surface area contributed by atoms with E-state index in [4.69, 9.17) is 17.3 Å². The van der Waals surface area contributed by atoms with Crippen molar-refractivity contribution in [2.45, 2.75) is 26.8 Å². The predicted octanol–water partition coefficient (Wildman–Crippen LogP) is 4.31. The van der Waals surface area contributed by atoms with E-state index in [1.54, 1.807) is 0 Å². The highest BCUT2D eigenvalue weighted by molar-refractivity contribution is 6.31. The Morgan fingerprint density at radius 1 is 0.833 bits per heavy atom. The number of benzene rings is 2. The number of aryl methyl sites for hydroxylation is 3. The van der Waals surface area contributed by atoms with Crippen molar-refractivity contribution >= 4 is 11.6 Å². The summed E-state index contributed by atoms with van der Waals surface area (Å²) in [6.07, 6.45) is 0. The zero-order valence-electron chi connectivity index (χ0n) is 11.0. The molecule has 0 heterocycles. The minimum absolute atomic E-state index is 0.123. The summed E-state index contributed by atoms with van der Waals surface area (Å²) in [5.74, 6) is 0. The minimum Gasteiger partial charge on any atom is -0.320 e. The molecule has 0 spiro atoms. The molecule has 1 atom stereocenters. The Morgan fingerprint density at radius 3 is 1.94 bits per heavy atom. The van der Waals surface area contributed by atoms with Crippen molar-refractivity contribution in [3.8, 4) is 0 Å². The summed E-state index contributed by atoms with van der Waals surface area (Å²) in [5, 5.41) is 0.770. The van der Waals surface area contributed by atoms with Crippen molar-refractivity contribution in [1.82, 2.24) is 0 Å². The smallest absolute Gasteiger partial charge is 0.0552 e. The quantitative estimate of drug-likeness (QED) is 0.854. The van der Waals surface area contributed by atoms with Crippen LogP contribution in [0.3, 0.4) is 0 Å². The molecule has 0 saturated carbocycles.